The molecule has 1 N–H and O–H groups in total. The summed E-state index contributed by atoms with van der Waals surface area (Å²) in [5, 5.41) is 14.1. The number of hydroxylamine groups is 2. The number of aromatic amines is 1. The molecule has 1 amide bonds. The van der Waals surface area contributed by atoms with E-state index in [-0.39, 0.29) is 19.0 Å². The van der Waals surface area contributed by atoms with Crippen molar-refractivity contribution in [1.29, 1.82) is 0 Å². The molecule has 0 fully saturated rings. The van der Waals surface area contributed by atoms with Gasteiger partial charge in [0.1, 0.15) is 18.8 Å². The topological polar surface area (TPSA) is 84.9 Å². The molecule has 0 spiro atoms. The summed E-state index contributed by atoms with van der Waals surface area (Å²) in [5.74, 6) is -0.121. The van der Waals surface area contributed by atoms with Gasteiger partial charge < -0.3 is 19.7 Å². The number of carbonyl (C=O) groups excluding carboxylic acids is 1. The van der Waals surface area contributed by atoms with Gasteiger partial charge in [-0.15, -0.1) is 0 Å². The van der Waals surface area contributed by atoms with E-state index in [9.17, 15) is 10.0 Å². The van der Waals surface area contributed by atoms with E-state index in [1.807, 2.05) is 48.5 Å². The maximum Gasteiger partial charge on any atom is 0.255 e. The maximum absolute atomic E-state index is 14.1. The summed E-state index contributed by atoms with van der Waals surface area (Å²) in [6.45, 7) is 1.20. The third kappa shape index (κ3) is 3.91. The molecule has 1 unspecified atom stereocenters. The van der Waals surface area contributed by atoms with Crippen LogP contribution in [0.1, 0.15) is 21.6 Å². The van der Waals surface area contributed by atoms with Crippen LogP contribution in [0.15, 0.2) is 85.6 Å². The Balaban J connectivity index is 1.56. The minimum Gasteiger partial charge on any atom is -0.627 e. The SMILES string of the molecule is O=C(c1cccnc1)N1CC[N+]([O-])(Cc2cnc[nH]2)c2ccc(-c3ccccc3)cc2C1. The van der Waals surface area contributed by atoms with Crippen molar-refractivity contribution >= 4 is 11.6 Å². The highest BCUT2D eigenvalue weighted by atomic mass is 16.5. The summed E-state index contributed by atoms with van der Waals surface area (Å²) < 4.78 is -0.552. The van der Waals surface area contributed by atoms with Crippen molar-refractivity contribution in [2.45, 2.75) is 13.1 Å². The Kier molecular flexibility index (Phi) is 5.26. The molecule has 32 heavy (non-hydrogen) atoms. The highest BCUT2D eigenvalue weighted by Crippen LogP contribution is 2.35. The number of pyridine rings is 1. The molecule has 1 aliphatic rings. The van der Waals surface area contributed by atoms with Gasteiger partial charge in [0.2, 0.25) is 0 Å². The smallest absolute Gasteiger partial charge is 0.255 e. The first-order valence-corrected chi connectivity index (χ1v) is 10.6. The number of rotatable bonds is 4. The third-order valence-corrected chi connectivity index (χ3v) is 5.89. The van der Waals surface area contributed by atoms with Gasteiger partial charge in [0.05, 0.1) is 36.9 Å². The summed E-state index contributed by atoms with van der Waals surface area (Å²) in [6, 6.07) is 19.5. The quantitative estimate of drug-likeness (QED) is 0.393. The number of imidazole rings is 1. The monoisotopic (exact) mass is 425 g/mol. The minimum atomic E-state index is -0.552. The van der Waals surface area contributed by atoms with E-state index in [1.54, 1.807) is 42.0 Å². The number of benzene rings is 2. The Morgan fingerprint density at radius 2 is 1.91 bits per heavy atom. The van der Waals surface area contributed by atoms with Crippen molar-refractivity contribution < 1.29 is 4.79 Å². The number of aromatic nitrogens is 3. The molecule has 0 aliphatic carbocycles. The van der Waals surface area contributed by atoms with Gasteiger partial charge in [-0.3, -0.25) is 9.78 Å². The number of quaternary nitrogens is 1. The average molecular weight is 425 g/mol. The van der Waals surface area contributed by atoms with Crippen molar-refractivity contribution in [3.63, 3.8) is 0 Å². The van der Waals surface area contributed by atoms with Gasteiger partial charge >= 0.3 is 0 Å². The number of amides is 1. The molecule has 0 bridgehead atoms. The molecule has 0 radical (unpaired) electrons. The zero-order chi connectivity index (χ0) is 22.0. The summed E-state index contributed by atoms with van der Waals surface area (Å²) in [7, 11) is 0. The Morgan fingerprint density at radius 1 is 1.03 bits per heavy atom. The standard InChI is InChI=1S/C25H23N5O2/c31-25(21-7-4-10-26-14-21)29-11-12-30(32,17-23-15-27-18-28-23)24-9-8-20(13-22(24)16-29)19-5-2-1-3-6-19/h1-10,13-15,18H,11-12,16-17H2,(H,27,28). The van der Waals surface area contributed by atoms with Crippen molar-refractivity contribution in [3.05, 3.63) is 108 Å². The lowest BCUT2D eigenvalue weighted by atomic mass is 10.0. The predicted molar refractivity (Wildman–Crippen MR) is 123 cm³/mol. The van der Waals surface area contributed by atoms with Crippen LogP contribution in [0.3, 0.4) is 0 Å². The Labute approximate surface area is 186 Å². The molecule has 2 aromatic heterocycles. The summed E-state index contributed by atoms with van der Waals surface area (Å²) in [5.41, 5.74) is 4.92. The fourth-order valence-electron chi connectivity index (χ4n) is 4.26. The predicted octanol–water partition coefficient (Wildman–Crippen LogP) is 4.13. The van der Waals surface area contributed by atoms with Gasteiger partial charge in [0, 0.05) is 24.0 Å². The van der Waals surface area contributed by atoms with Gasteiger partial charge in [-0.1, -0.05) is 30.3 Å². The molecular weight excluding hydrogens is 402 g/mol. The van der Waals surface area contributed by atoms with Crippen molar-refractivity contribution in [3.8, 4) is 11.1 Å². The molecule has 5 rings (SSSR count). The fourth-order valence-corrected chi connectivity index (χ4v) is 4.26. The van der Waals surface area contributed by atoms with E-state index in [2.05, 4.69) is 15.0 Å². The Morgan fingerprint density at radius 3 is 2.66 bits per heavy atom. The van der Waals surface area contributed by atoms with Crippen molar-refractivity contribution in [2.24, 2.45) is 0 Å². The third-order valence-electron chi connectivity index (χ3n) is 5.89. The molecule has 4 aromatic rings. The molecule has 1 atom stereocenters. The lowest BCUT2D eigenvalue weighted by Crippen LogP contribution is -2.46. The first-order valence-electron chi connectivity index (χ1n) is 10.6. The molecular formula is C25H23N5O2. The number of nitrogens with one attached hydrogen (secondary N) is 1. The van der Waals surface area contributed by atoms with Gasteiger partial charge in [-0.2, -0.15) is 0 Å². The van der Waals surface area contributed by atoms with E-state index >= 15 is 0 Å². The van der Waals surface area contributed by atoms with E-state index < -0.39 is 4.65 Å². The van der Waals surface area contributed by atoms with E-state index in [0.717, 1.165) is 22.4 Å². The van der Waals surface area contributed by atoms with Crippen LogP contribution in [-0.2, 0) is 13.1 Å². The molecule has 160 valence electrons. The number of fused-ring (bicyclic) bond motifs is 1. The molecule has 2 aromatic carbocycles. The molecule has 1 aliphatic heterocycles. The Bertz CT molecular complexity index is 1210. The van der Waals surface area contributed by atoms with E-state index in [1.165, 1.54) is 0 Å². The summed E-state index contributed by atoms with van der Waals surface area (Å²) in [4.78, 5) is 26.1. The fraction of sp³-hybridized carbons (Fsp3) is 0.160. The van der Waals surface area contributed by atoms with Crippen LogP contribution in [0, 0.1) is 5.21 Å². The number of hydrogen-bond acceptors (Lipinski definition) is 4. The molecule has 7 heteroatoms. The van der Waals surface area contributed by atoms with Gasteiger partial charge in [0.25, 0.3) is 5.91 Å². The number of nitrogens with zero attached hydrogens (tertiary/aromatic N) is 4. The first-order chi connectivity index (χ1) is 15.6. The van der Waals surface area contributed by atoms with Crippen LogP contribution >= 0.6 is 0 Å². The average Bonchev–Trinajstić information content (AvgIpc) is 3.30. The lowest BCUT2D eigenvalue weighted by molar-refractivity contribution is 0.0741. The van der Waals surface area contributed by atoms with Crippen LogP contribution in [0.5, 0.6) is 0 Å². The number of hydrogen-bond donors (Lipinski definition) is 1. The first kappa shape index (κ1) is 20.1. The van der Waals surface area contributed by atoms with Crippen LogP contribution < -0.4 is 4.65 Å². The highest BCUT2D eigenvalue weighted by molar-refractivity contribution is 5.94. The zero-order valence-electron chi connectivity index (χ0n) is 17.5. The van der Waals surface area contributed by atoms with Crippen LogP contribution in [0.25, 0.3) is 11.1 Å². The number of H-pyrrole nitrogens is 1. The van der Waals surface area contributed by atoms with Gasteiger partial charge in [-0.25, -0.2) is 4.98 Å². The number of carbonyl (C=O) groups is 1. The van der Waals surface area contributed by atoms with Crippen molar-refractivity contribution in [1.82, 2.24) is 24.5 Å². The van der Waals surface area contributed by atoms with Crippen LogP contribution in [0.4, 0.5) is 5.69 Å². The summed E-state index contributed by atoms with van der Waals surface area (Å²) >= 11 is 0. The largest absolute Gasteiger partial charge is 0.627 e. The van der Waals surface area contributed by atoms with E-state index in [0.29, 0.717) is 24.3 Å². The van der Waals surface area contributed by atoms with Crippen LogP contribution in [-0.4, -0.2) is 38.8 Å². The normalized spacial score (nSPS) is 18.1. The highest BCUT2D eigenvalue weighted by Gasteiger charge is 2.32. The lowest BCUT2D eigenvalue weighted by Gasteiger charge is -2.41. The van der Waals surface area contributed by atoms with E-state index in [4.69, 9.17) is 0 Å². The second-order valence-electron chi connectivity index (χ2n) is 8.03. The van der Waals surface area contributed by atoms with Gasteiger partial charge in [-0.05, 0) is 35.4 Å². The van der Waals surface area contributed by atoms with Gasteiger partial charge in [0.15, 0.2) is 0 Å². The summed E-state index contributed by atoms with van der Waals surface area (Å²) in [6.07, 6.45) is 6.47. The van der Waals surface area contributed by atoms with Crippen molar-refractivity contribution in [2.75, 3.05) is 13.1 Å². The molecule has 7 nitrogen and oxygen atoms in total. The second kappa shape index (κ2) is 8.37. The second-order valence-corrected chi connectivity index (χ2v) is 8.03. The molecule has 3 heterocycles. The zero-order valence-corrected chi connectivity index (χ0v) is 17.5. The Hall–Kier alpha value is -3.81. The van der Waals surface area contributed by atoms with Crippen LogP contribution in [0.2, 0.25) is 0 Å². The maximum atomic E-state index is 14.1. The molecule has 0 saturated heterocycles. The minimum absolute atomic E-state index is 0.121. The molecule has 0 saturated carbocycles.